The first-order chi connectivity index (χ1) is 5.84. The fraction of sp³-hybridized carbons (Fsp3) is 0.750. The molecule has 0 aliphatic heterocycles. The molecule has 1 amide bonds. The van der Waals surface area contributed by atoms with Gasteiger partial charge in [0.15, 0.2) is 0 Å². The number of hydrogen-bond acceptors (Lipinski definition) is 3. The number of carboxylic acid groups (broad SMARTS) is 1. The highest BCUT2D eigenvalue weighted by molar-refractivity contribution is 5.84. The van der Waals surface area contributed by atoms with Gasteiger partial charge in [0.2, 0.25) is 0 Å². The van der Waals surface area contributed by atoms with Crippen LogP contribution in [0.2, 0.25) is 0 Å². The first-order valence-electron chi connectivity index (χ1n) is 3.94. The number of carbonyl (C=O) groups is 2. The lowest BCUT2D eigenvalue weighted by atomic mass is 9.89. The molecule has 0 saturated heterocycles. The Hall–Kier alpha value is -1.26. The van der Waals surface area contributed by atoms with E-state index in [9.17, 15) is 9.59 Å². The summed E-state index contributed by atoms with van der Waals surface area (Å²) in [6, 6.07) is 0. The summed E-state index contributed by atoms with van der Waals surface area (Å²) < 4.78 is 4.33. The van der Waals surface area contributed by atoms with Gasteiger partial charge in [-0.15, -0.1) is 0 Å². The van der Waals surface area contributed by atoms with E-state index in [2.05, 4.69) is 10.1 Å². The first-order valence-corrected chi connectivity index (χ1v) is 3.94. The standard InChI is InChI=1S/C8H15NO4/c1-5(2)8(3,6(10)11)9-7(12)13-4/h5H,1-4H3,(H,9,12)(H,10,11). The number of methoxy groups -OCH3 is 1. The number of alkyl carbamates (subject to hydrolysis) is 1. The highest BCUT2D eigenvalue weighted by Crippen LogP contribution is 2.16. The van der Waals surface area contributed by atoms with E-state index < -0.39 is 17.6 Å². The van der Waals surface area contributed by atoms with Crippen molar-refractivity contribution in [2.45, 2.75) is 26.3 Å². The van der Waals surface area contributed by atoms with Gasteiger partial charge >= 0.3 is 12.1 Å². The SMILES string of the molecule is COC(=O)NC(C)(C(=O)O)C(C)C. The van der Waals surface area contributed by atoms with Crippen molar-refractivity contribution in [2.75, 3.05) is 7.11 Å². The van der Waals surface area contributed by atoms with E-state index in [4.69, 9.17) is 5.11 Å². The molecule has 0 radical (unpaired) electrons. The molecule has 0 heterocycles. The zero-order valence-electron chi connectivity index (χ0n) is 8.25. The summed E-state index contributed by atoms with van der Waals surface area (Å²) >= 11 is 0. The second kappa shape index (κ2) is 4.11. The number of rotatable bonds is 3. The summed E-state index contributed by atoms with van der Waals surface area (Å²) in [5.41, 5.74) is -1.28. The Balaban J connectivity index is 4.61. The maximum absolute atomic E-state index is 10.8. The third-order valence-electron chi connectivity index (χ3n) is 2.15. The minimum Gasteiger partial charge on any atom is -0.480 e. The Morgan fingerprint density at radius 2 is 1.92 bits per heavy atom. The van der Waals surface area contributed by atoms with Crippen molar-refractivity contribution in [3.05, 3.63) is 0 Å². The summed E-state index contributed by atoms with van der Waals surface area (Å²) in [5.74, 6) is -1.29. The maximum Gasteiger partial charge on any atom is 0.407 e. The molecule has 5 heteroatoms. The minimum absolute atomic E-state index is 0.218. The molecule has 0 aliphatic carbocycles. The molecule has 2 N–H and O–H groups in total. The second-order valence-corrected chi connectivity index (χ2v) is 3.28. The van der Waals surface area contributed by atoms with Crippen LogP contribution in [0.15, 0.2) is 0 Å². The van der Waals surface area contributed by atoms with Crippen molar-refractivity contribution in [3.63, 3.8) is 0 Å². The highest BCUT2D eigenvalue weighted by atomic mass is 16.5. The normalized spacial score (nSPS) is 14.8. The van der Waals surface area contributed by atoms with Crippen LogP contribution in [0.3, 0.4) is 0 Å². The van der Waals surface area contributed by atoms with E-state index in [0.29, 0.717) is 0 Å². The van der Waals surface area contributed by atoms with E-state index in [1.54, 1.807) is 13.8 Å². The Morgan fingerprint density at radius 1 is 1.46 bits per heavy atom. The molecule has 0 bridgehead atoms. The lowest BCUT2D eigenvalue weighted by molar-refractivity contribution is -0.145. The second-order valence-electron chi connectivity index (χ2n) is 3.28. The van der Waals surface area contributed by atoms with Crippen LogP contribution in [-0.4, -0.2) is 29.8 Å². The van der Waals surface area contributed by atoms with Gasteiger partial charge in [0.05, 0.1) is 7.11 Å². The lowest BCUT2D eigenvalue weighted by Gasteiger charge is -2.29. The third kappa shape index (κ3) is 2.61. The van der Waals surface area contributed by atoms with Crippen LogP contribution in [0.25, 0.3) is 0 Å². The molecule has 0 spiro atoms. The minimum atomic E-state index is -1.28. The van der Waals surface area contributed by atoms with Crippen molar-refractivity contribution in [3.8, 4) is 0 Å². The number of carbonyl (C=O) groups excluding carboxylic acids is 1. The Kier molecular flexibility index (Phi) is 3.71. The van der Waals surface area contributed by atoms with E-state index in [1.165, 1.54) is 14.0 Å². The Morgan fingerprint density at radius 3 is 2.15 bits per heavy atom. The third-order valence-corrected chi connectivity index (χ3v) is 2.15. The van der Waals surface area contributed by atoms with Gasteiger partial charge in [-0.3, -0.25) is 0 Å². The predicted molar refractivity (Wildman–Crippen MR) is 46.4 cm³/mol. The van der Waals surface area contributed by atoms with Gasteiger partial charge in [-0.05, 0) is 12.8 Å². The average molecular weight is 189 g/mol. The van der Waals surface area contributed by atoms with Crippen molar-refractivity contribution < 1.29 is 19.4 Å². The maximum atomic E-state index is 10.8. The summed E-state index contributed by atoms with van der Waals surface area (Å²) in [7, 11) is 1.19. The molecule has 76 valence electrons. The zero-order chi connectivity index (χ0) is 10.6. The van der Waals surface area contributed by atoms with Crippen LogP contribution < -0.4 is 5.32 Å². The Labute approximate surface area is 77.1 Å². The van der Waals surface area contributed by atoms with Gasteiger partial charge in [-0.25, -0.2) is 9.59 Å². The molecule has 5 nitrogen and oxygen atoms in total. The van der Waals surface area contributed by atoms with Crippen LogP contribution in [-0.2, 0) is 9.53 Å². The van der Waals surface area contributed by atoms with E-state index in [-0.39, 0.29) is 5.92 Å². The van der Waals surface area contributed by atoms with Gasteiger partial charge in [-0.2, -0.15) is 0 Å². The quantitative estimate of drug-likeness (QED) is 0.689. The molecule has 0 aromatic heterocycles. The monoisotopic (exact) mass is 189 g/mol. The fourth-order valence-electron chi connectivity index (χ4n) is 0.708. The van der Waals surface area contributed by atoms with Crippen molar-refractivity contribution >= 4 is 12.1 Å². The molecule has 13 heavy (non-hydrogen) atoms. The van der Waals surface area contributed by atoms with E-state index in [0.717, 1.165) is 0 Å². The molecular weight excluding hydrogens is 174 g/mol. The number of amides is 1. The van der Waals surface area contributed by atoms with Crippen molar-refractivity contribution in [1.29, 1.82) is 0 Å². The van der Waals surface area contributed by atoms with Crippen LogP contribution >= 0.6 is 0 Å². The molecule has 0 aromatic rings. The van der Waals surface area contributed by atoms with Crippen molar-refractivity contribution in [1.82, 2.24) is 5.32 Å². The van der Waals surface area contributed by atoms with Crippen molar-refractivity contribution in [2.24, 2.45) is 5.92 Å². The van der Waals surface area contributed by atoms with Gasteiger partial charge < -0.3 is 15.2 Å². The fourth-order valence-corrected chi connectivity index (χ4v) is 0.708. The van der Waals surface area contributed by atoms with Gasteiger partial charge in [0.25, 0.3) is 0 Å². The molecule has 0 fully saturated rings. The summed E-state index contributed by atoms with van der Waals surface area (Å²) in [6.07, 6.45) is -0.737. The number of nitrogens with one attached hydrogen (secondary N) is 1. The molecule has 0 aromatic carbocycles. The molecule has 1 atom stereocenters. The van der Waals surface area contributed by atoms with E-state index >= 15 is 0 Å². The van der Waals surface area contributed by atoms with Gasteiger partial charge in [0, 0.05) is 0 Å². The largest absolute Gasteiger partial charge is 0.480 e. The summed E-state index contributed by atoms with van der Waals surface area (Å²) in [6.45, 7) is 4.87. The van der Waals surface area contributed by atoms with E-state index in [1.807, 2.05) is 0 Å². The topological polar surface area (TPSA) is 75.6 Å². The number of carboxylic acids is 1. The highest BCUT2D eigenvalue weighted by Gasteiger charge is 2.38. The van der Waals surface area contributed by atoms with Gasteiger partial charge in [-0.1, -0.05) is 13.8 Å². The smallest absolute Gasteiger partial charge is 0.407 e. The summed E-state index contributed by atoms with van der Waals surface area (Å²) in [4.78, 5) is 21.7. The average Bonchev–Trinajstić information content (AvgIpc) is 2.03. The first kappa shape index (κ1) is 11.7. The summed E-state index contributed by atoms with van der Waals surface area (Å²) in [5, 5.41) is 11.2. The molecule has 0 rings (SSSR count). The lowest BCUT2D eigenvalue weighted by Crippen LogP contribution is -2.55. The number of aliphatic carboxylic acids is 1. The van der Waals surface area contributed by atoms with Crippen LogP contribution in [0, 0.1) is 5.92 Å². The molecule has 0 aliphatic rings. The zero-order valence-corrected chi connectivity index (χ0v) is 8.25. The van der Waals surface area contributed by atoms with Gasteiger partial charge in [0.1, 0.15) is 5.54 Å². The molecule has 1 unspecified atom stereocenters. The van der Waals surface area contributed by atoms with Crippen LogP contribution in [0.4, 0.5) is 4.79 Å². The van der Waals surface area contributed by atoms with Crippen LogP contribution in [0.1, 0.15) is 20.8 Å². The predicted octanol–water partition coefficient (Wildman–Crippen LogP) is 0.842. The molecular formula is C8H15NO4. The van der Waals surface area contributed by atoms with Crippen LogP contribution in [0.5, 0.6) is 0 Å². The number of hydrogen-bond donors (Lipinski definition) is 2. The molecule has 0 saturated carbocycles. The Bertz CT molecular complexity index is 214. The number of ether oxygens (including phenoxy) is 1.